The lowest BCUT2D eigenvalue weighted by molar-refractivity contribution is 0.482. The molecule has 0 spiro atoms. The Morgan fingerprint density at radius 3 is 1.95 bits per heavy atom. The van der Waals surface area contributed by atoms with E-state index >= 15 is 0 Å². The van der Waals surface area contributed by atoms with Gasteiger partial charge in [-0.1, -0.05) is 71.4 Å². The molecule has 0 N–H and O–H groups in total. The lowest BCUT2D eigenvalue weighted by Crippen LogP contribution is -1.87. The van der Waals surface area contributed by atoms with Crippen LogP contribution in [0.2, 0.25) is 0 Å². The maximum atomic E-state index is 5.77. The highest BCUT2D eigenvalue weighted by Gasteiger charge is 1.97. The first-order valence-corrected chi connectivity index (χ1v) is 7.70. The Morgan fingerprint density at radius 2 is 1.35 bits per heavy atom. The fourth-order valence-corrected chi connectivity index (χ4v) is 1.68. The molecule has 0 aliphatic heterocycles. The van der Waals surface area contributed by atoms with Gasteiger partial charge < -0.3 is 4.74 Å². The standard InChI is InChI=1S/C15H16O.2C2H6/c1-2-7-13-8-6-11-15(12-13)16-14-9-4-3-5-10-14;2*1-2/h3-6,8-12H,2,7H2,1H3;2*1-2H3. The second-order valence-electron chi connectivity index (χ2n) is 3.81. The van der Waals surface area contributed by atoms with E-state index in [0.717, 1.165) is 24.3 Å². The third kappa shape index (κ3) is 6.98. The van der Waals surface area contributed by atoms with Crippen molar-refractivity contribution in [3.63, 3.8) is 0 Å². The van der Waals surface area contributed by atoms with Gasteiger partial charge in [0.1, 0.15) is 11.5 Å². The zero-order valence-corrected chi connectivity index (χ0v) is 13.5. The van der Waals surface area contributed by atoms with Crippen LogP contribution in [-0.4, -0.2) is 0 Å². The average Bonchev–Trinajstić information content (AvgIpc) is 2.53. The summed E-state index contributed by atoms with van der Waals surface area (Å²) in [6.07, 6.45) is 2.26. The van der Waals surface area contributed by atoms with Gasteiger partial charge in [-0.05, 0) is 36.2 Å². The van der Waals surface area contributed by atoms with Crippen molar-refractivity contribution >= 4 is 0 Å². The van der Waals surface area contributed by atoms with Crippen LogP contribution in [0.15, 0.2) is 54.6 Å². The molecule has 0 atom stereocenters. The quantitative estimate of drug-likeness (QED) is 0.618. The van der Waals surface area contributed by atoms with E-state index in [-0.39, 0.29) is 0 Å². The first kappa shape index (κ1) is 18.2. The first-order valence-electron chi connectivity index (χ1n) is 7.70. The van der Waals surface area contributed by atoms with Crippen LogP contribution in [0.4, 0.5) is 0 Å². The van der Waals surface area contributed by atoms with Gasteiger partial charge in [-0.3, -0.25) is 0 Å². The van der Waals surface area contributed by atoms with Gasteiger partial charge in [0.25, 0.3) is 0 Å². The molecular formula is C19H28O. The molecule has 0 unspecified atom stereocenters. The van der Waals surface area contributed by atoms with Crippen LogP contribution >= 0.6 is 0 Å². The largest absolute Gasteiger partial charge is 0.457 e. The highest BCUT2D eigenvalue weighted by atomic mass is 16.5. The van der Waals surface area contributed by atoms with Crippen LogP contribution in [0.25, 0.3) is 0 Å². The second-order valence-corrected chi connectivity index (χ2v) is 3.81. The minimum Gasteiger partial charge on any atom is -0.457 e. The van der Waals surface area contributed by atoms with Crippen molar-refractivity contribution in [2.24, 2.45) is 0 Å². The molecule has 1 heteroatoms. The second kappa shape index (κ2) is 12.3. The van der Waals surface area contributed by atoms with E-state index in [2.05, 4.69) is 19.1 Å². The molecule has 110 valence electrons. The summed E-state index contributed by atoms with van der Waals surface area (Å²) < 4.78 is 5.77. The molecule has 2 aromatic rings. The zero-order chi connectivity index (χ0) is 15.2. The monoisotopic (exact) mass is 272 g/mol. The summed E-state index contributed by atoms with van der Waals surface area (Å²) in [5.41, 5.74) is 1.33. The van der Waals surface area contributed by atoms with Gasteiger partial charge in [0, 0.05) is 0 Å². The Morgan fingerprint density at radius 1 is 0.750 bits per heavy atom. The summed E-state index contributed by atoms with van der Waals surface area (Å²) in [6, 6.07) is 18.2. The number of aryl methyl sites for hydroxylation is 1. The molecule has 0 aromatic heterocycles. The van der Waals surface area contributed by atoms with Gasteiger partial charge >= 0.3 is 0 Å². The molecule has 0 heterocycles. The van der Waals surface area contributed by atoms with E-state index in [1.807, 2.05) is 70.2 Å². The third-order valence-electron chi connectivity index (χ3n) is 2.42. The molecule has 0 amide bonds. The number of hydrogen-bond donors (Lipinski definition) is 0. The fourth-order valence-electron chi connectivity index (χ4n) is 1.68. The van der Waals surface area contributed by atoms with E-state index < -0.39 is 0 Å². The van der Waals surface area contributed by atoms with Crippen LogP contribution in [0, 0.1) is 0 Å². The molecular weight excluding hydrogens is 244 g/mol. The molecule has 0 saturated carbocycles. The molecule has 2 aromatic carbocycles. The van der Waals surface area contributed by atoms with Crippen LogP contribution in [0.3, 0.4) is 0 Å². The third-order valence-corrected chi connectivity index (χ3v) is 2.42. The van der Waals surface area contributed by atoms with Crippen molar-refractivity contribution in [1.29, 1.82) is 0 Å². The molecule has 2 rings (SSSR count). The van der Waals surface area contributed by atoms with Crippen molar-refractivity contribution in [3.05, 3.63) is 60.2 Å². The number of para-hydroxylation sites is 1. The van der Waals surface area contributed by atoms with Gasteiger partial charge in [-0.15, -0.1) is 0 Å². The lowest BCUT2D eigenvalue weighted by atomic mass is 10.1. The molecule has 0 radical (unpaired) electrons. The van der Waals surface area contributed by atoms with Crippen LogP contribution in [0.1, 0.15) is 46.6 Å². The maximum Gasteiger partial charge on any atom is 0.127 e. The van der Waals surface area contributed by atoms with Gasteiger partial charge in [0.15, 0.2) is 0 Å². The average molecular weight is 272 g/mol. The number of ether oxygens (including phenoxy) is 1. The SMILES string of the molecule is CC.CC.CCCc1cccc(Oc2ccccc2)c1. The van der Waals surface area contributed by atoms with Crippen molar-refractivity contribution in [3.8, 4) is 11.5 Å². The minimum atomic E-state index is 0.885. The minimum absolute atomic E-state index is 0.885. The molecule has 0 fully saturated rings. The Bertz CT molecular complexity index is 435. The summed E-state index contributed by atoms with van der Waals surface area (Å²) in [5, 5.41) is 0. The fraction of sp³-hybridized carbons (Fsp3) is 0.368. The lowest BCUT2D eigenvalue weighted by Gasteiger charge is -2.06. The predicted octanol–water partition coefficient (Wildman–Crippen LogP) is 6.48. The van der Waals surface area contributed by atoms with Gasteiger partial charge in [-0.25, -0.2) is 0 Å². The smallest absolute Gasteiger partial charge is 0.127 e. The zero-order valence-electron chi connectivity index (χ0n) is 13.5. The van der Waals surface area contributed by atoms with E-state index in [9.17, 15) is 0 Å². The topological polar surface area (TPSA) is 9.23 Å². The number of rotatable bonds is 4. The van der Waals surface area contributed by atoms with Gasteiger partial charge in [0.05, 0.1) is 0 Å². The van der Waals surface area contributed by atoms with Gasteiger partial charge in [0.2, 0.25) is 0 Å². The van der Waals surface area contributed by atoms with Gasteiger partial charge in [-0.2, -0.15) is 0 Å². The first-order chi connectivity index (χ1) is 9.88. The summed E-state index contributed by atoms with van der Waals surface area (Å²) in [7, 11) is 0. The summed E-state index contributed by atoms with van der Waals surface area (Å²) in [6.45, 7) is 10.2. The van der Waals surface area contributed by atoms with Crippen LogP contribution in [0.5, 0.6) is 11.5 Å². The number of benzene rings is 2. The maximum absolute atomic E-state index is 5.77. The molecule has 0 bridgehead atoms. The summed E-state index contributed by atoms with van der Waals surface area (Å²) >= 11 is 0. The van der Waals surface area contributed by atoms with Crippen molar-refractivity contribution in [2.45, 2.75) is 47.5 Å². The van der Waals surface area contributed by atoms with Crippen molar-refractivity contribution in [2.75, 3.05) is 0 Å². The molecule has 20 heavy (non-hydrogen) atoms. The highest BCUT2D eigenvalue weighted by Crippen LogP contribution is 2.22. The summed E-state index contributed by atoms with van der Waals surface area (Å²) in [5.74, 6) is 1.80. The predicted molar refractivity (Wildman–Crippen MR) is 89.6 cm³/mol. The Hall–Kier alpha value is -1.76. The molecule has 0 aliphatic rings. The molecule has 1 nitrogen and oxygen atoms in total. The number of hydrogen-bond acceptors (Lipinski definition) is 1. The van der Waals surface area contributed by atoms with Crippen molar-refractivity contribution in [1.82, 2.24) is 0 Å². The van der Waals surface area contributed by atoms with Crippen molar-refractivity contribution < 1.29 is 4.74 Å². The highest BCUT2D eigenvalue weighted by molar-refractivity contribution is 5.33. The van der Waals surface area contributed by atoms with E-state index in [0.29, 0.717) is 0 Å². The Kier molecular flexibility index (Phi) is 11.2. The molecule has 0 aliphatic carbocycles. The van der Waals surface area contributed by atoms with Crippen LogP contribution in [-0.2, 0) is 6.42 Å². The van der Waals surface area contributed by atoms with E-state index in [4.69, 9.17) is 4.74 Å². The summed E-state index contributed by atoms with van der Waals surface area (Å²) in [4.78, 5) is 0. The molecule has 0 saturated heterocycles. The van der Waals surface area contributed by atoms with E-state index in [1.54, 1.807) is 0 Å². The Balaban J connectivity index is 0.000000829. The normalized spacial score (nSPS) is 8.65. The Labute approximate surface area is 124 Å². The van der Waals surface area contributed by atoms with Crippen LogP contribution < -0.4 is 4.74 Å². The van der Waals surface area contributed by atoms with E-state index in [1.165, 1.54) is 5.56 Å².